The van der Waals surface area contributed by atoms with Crippen molar-refractivity contribution in [2.45, 2.75) is 6.54 Å². The minimum atomic E-state index is -0.527. The first-order valence-electron chi connectivity index (χ1n) is 5.59. The highest BCUT2D eigenvalue weighted by molar-refractivity contribution is 6.39. The van der Waals surface area contributed by atoms with Gasteiger partial charge in [0.25, 0.3) is 5.69 Å². The lowest BCUT2D eigenvalue weighted by Gasteiger charge is -2.10. The summed E-state index contributed by atoms with van der Waals surface area (Å²) in [5.74, 6) is -0.527. The van der Waals surface area contributed by atoms with Gasteiger partial charge in [-0.15, -0.1) is 0 Å². The molecule has 104 valence electrons. The van der Waals surface area contributed by atoms with Gasteiger partial charge in [-0.2, -0.15) is 0 Å². The Labute approximate surface area is 124 Å². The van der Waals surface area contributed by atoms with Gasteiger partial charge in [0.15, 0.2) is 0 Å². The molecule has 0 aliphatic rings. The Morgan fingerprint density at radius 1 is 1.20 bits per heavy atom. The second-order valence-corrected chi connectivity index (χ2v) is 4.84. The van der Waals surface area contributed by atoms with Gasteiger partial charge in [-0.25, -0.2) is 4.39 Å². The molecule has 0 aromatic heterocycles. The summed E-state index contributed by atoms with van der Waals surface area (Å²) in [7, 11) is 0. The highest BCUT2D eigenvalue weighted by Crippen LogP contribution is 2.31. The fourth-order valence-corrected chi connectivity index (χ4v) is 2.28. The van der Waals surface area contributed by atoms with Crippen molar-refractivity contribution in [2.24, 2.45) is 0 Å². The van der Waals surface area contributed by atoms with E-state index in [9.17, 15) is 14.5 Å². The number of nitrogens with one attached hydrogen (secondary N) is 1. The van der Waals surface area contributed by atoms with Gasteiger partial charge in [-0.1, -0.05) is 35.3 Å². The number of halogens is 3. The van der Waals surface area contributed by atoms with E-state index in [2.05, 4.69) is 5.32 Å². The summed E-state index contributed by atoms with van der Waals surface area (Å²) in [6, 6.07) is 8.44. The number of nitro benzene ring substituents is 1. The molecule has 0 heterocycles. The molecule has 20 heavy (non-hydrogen) atoms. The number of hydrogen-bond acceptors (Lipinski definition) is 3. The van der Waals surface area contributed by atoms with E-state index in [4.69, 9.17) is 23.2 Å². The summed E-state index contributed by atoms with van der Waals surface area (Å²) in [6.45, 7) is 0.284. The molecule has 0 aliphatic heterocycles. The number of hydrogen-bond donors (Lipinski definition) is 1. The third kappa shape index (κ3) is 3.37. The normalized spacial score (nSPS) is 10.3. The van der Waals surface area contributed by atoms with Crippen LogP contribution in [0.4, 0.5) is 15.8 Å². The third-order valence-corrected chi connectivity index (χ3v) is 3.19. The summed E-state index contributed by atoms with van der Waals surface area (Å²) in [6.07, 6.45) is 0. The zero-order valence-electron chi connectivity index (χ0n) is 10.1. The van der Waals surface area contributed by atoms with Gasteiger partial charge in [0.1, 0.15) is 5.82 Å². The predicted molar refractivity (Wildman–Crippen MR) is 76.8 cm³/mol. The van der Waals surface area contributed by atoms with E-state index in [0.717, 1.165) is 12.1 Å². The molecule has 2 aromatic rings. The predicted octanol–water partition coefficient (Wildman–Crippen LogP) is 4.65. The van der Waals surface area contributed by atoms with Crippen LogP contribution < -0.4 is 5.32 Å². The van der Waals surface area contributed by atoms with E-state index in [1.807, 2.05) is 0 Å². The highest BCUT2D eigenvalue weighted by atomic mass is 35.5. The van der Waals surface area contributed by atoms with Crippen LogP contribution in [0, 0.1) is 15.9 Å². The van der Waals surface area contributed by atoms with E-state index < -0.39 is 10.7 Å². The zero-order valence-corrected chi connectivity index (χ0v) is 11.6. The molecule has 0 amide bonds. The average molecular weight is 315 g/mol. The first-order valence-corrected chi connectivity index (χ1v) is 6.34. The molecular formula is C13H9Cl2FN2O2. The van der Waals surface area contributed by atoms with Crippen LogP contribution in [-0.2, 0) is 6.54 Å². The molecule has 0 atom stereocenters. The van der Waals surface area contributed by atoms with Gasteiger partial charge in [-0.3, -0.25) is 10.1 Å². The van der Waals surface area contributed by atoms with E-state index in [1.165, 1.54) is 12.1 Å². The minimum Gasteiger partial charge on any atom is -0.379 e. The number of nitro groups is 1. The van der Waals surface area contributed by atoms with E-state index >= 15 is 0 Å². The van der Waals surface area contributed by atoms with E-state index in [1.54, 1.807) is 12.1 Å². The van der Waals surface area contributed by atoms with Crippen molar-refractivity contribution in [3.8, 4) is 0 Å². The fraction of sp³-hybridized carbons (Fsp3) is 0.0769. The van der Waals surface area contributed by atoms with Gasteiger partial charge in [0.2, 0.25) is 0 Å². The van der Waals surface area contributed by atoms with E-state index in [-0.39, 0.29) is 22.3 Å². The molecule has 4 nitrogen and oxygen atoms in total. The maximum absolute atomic E-state index is 13.0. The van der Waals surface area contributed by atoms with E-state index in [0.29, 0.717) is 11.3 Å². The molecule has 0 radical (unpaired) electrons. The molecule has 0 spiro atoms. The van der Waals surface area contributed by atoms with Gasteiger partial charge in [0, 0.05) is 18.7 Å². The topological polar surface area (TPSA) is 55.2 Å². The summed E-state index contributed by atoms with van der Waals surface area (Å²) < 4.78 is 13.0. The average Bonchev–Trinajstić information content (AvgIpc) is 2.37. The second-order valence-electron chi connectivity index (χ2n) is 4.02. The van der Waals surface area contributed by atoms with Crippen LogP contribution in [0.5, 0.6) is 0 Å². The number of nitrogens with zero attached hydrogens (tertiary/aromatic N) is 1. The fourth-order valence-electron chi connectivity index (χ4n) is 1.68. The third-order valence-electron chi connectivity index (χ3n) is 2.60. The van der Waals surface area contributed by atoms with Crippen molar-refractivity contribution in [1.29, 1.82) is 0 Å². The quantitative estimate of drug-likeness (QED) is 0.660. The Kier molecular flexibility index (Phi) is 4.42. The van der Waals surface area contributed by atoms with Gasteiger partial charge >= 0.3 is 0 Å². The monoisotopic (exact) mass is 314 g/mol. The summed E-state index contributed by atoms with van der Waals surface area (Å²) >= 11 is 11.8. The Morgan fingerprint density at radius 2 is 1.85 bits per heavy atom. The largest absolute Gasteiger partial charge is 0.379 e. The summed E-state index contributed by atoms with van der Waals surface area (Å²) in [5, 5.41) is 13.9. The first-order chi connectivity index (χ1) is 9.47. The van der Waals surface area contributed by atoms with Crippen LogP contribution in [0.25, 0.3) is 0 Å². The molecule has 1 N–H and O–H groups in total. The van der Waals surface area contributed by atoms with Crippen LogP contribution in [0.15, 0.2) is 36.4 Å². The van der Waals surface area contributed by atoms with Crippen molar-refractivity contribution in [2.75, 3.05) is 5.32 Å². The second kappa shape index (κ2) is 6.07. The van der Waals surface area contributed by atoms with Gasteiger partial charge in [-0.05, 0) is 17.7 Å². The molecule has 0 bridgehead atoms. The van der Waals surface area contributed by atoms with Crippen molar-refractivity contribution in [3.63, 3.8) is 0 Å². The Morgan fingerprint density at radius 3 is 2.45 bits per heavy atom. The molecule has 2 aromatic carbocycles. The van der Waals surface area contributed by atoms with Crippen LogP contribution in [0.3, 0.4) is 0 Å². The van der Waals surface area contributed by atoms with Crippen LogP contribution in [0.2, 0.25) is 10.0 Å². The number of benzene rings is 2. The molecular weight excluding hydrogens is 306 g/mol. The summed E-state index contributed by atoms with van der Waals surface area (Å²) in [4.78, 5) is 10.2. The van der Waals surface area contributed by atoms with Crippen LogP contribution >= 0.6 is 23.2 Å². The first kappa shape index (κ1) is 14.6. The van der Waals surface area contributed by atoms with Crippen molar-refractivity contribution in [3.05, 3.63) is 67.9 Å². The maximum atomic E-state index is 13.0. The molecule has 0 aliphatic carbocycles. The molecule has 2 rings (SSSR count). The molecule has 0 saturated carbocycles. The minimum absolute atomic E-state index is 0.000556. The Hall–Kier alpha value is -1.85. The number of anilines is 1. The van der Waals surface area contributed by atoms with Crippen molar-refractivity contribution < 1.29 is 9.31 Å². The maximum Gasteiger partial charge on any atom is 0.269 e. The Balaban J connectivity index is 2.17. The lowest BCUT2D eigenvalue weighted by atomic mass is 10.2. The highest BCUT2D eigenvalue weighted by Gasteiger charge is 2.09. The van der Waals surface area contributed by atoms with Crippen molar-refractivity contribution in [1.82, 2.24) is 0 Å². The lowest BCUT2D eigenvalue weighted by Crippen LogP contribution is -2.01. The lowest BCUT2D eigenvalue weighted by molar-refractivity contribution is -0.384. The van der Waals surface area contributed by atoms with Crippen molar-refractivity contribution >= 4 is 34.6 Å². The molecule has 0 unspecified atom stereocenters. The van der Waals surface area contributed by atoms with Crippen LogP contribution in [0.1, 0.15) is 5.56 Å². The summed E-state index contributed by atoms with van der Waals surface area (Å²) in [5.41, 5.74) is 1.08. The van der Waals surface area contributed by atoms with Crippen LogP contribution in [-0.4, -0.2) is 4.92 Å². The van der Waals surface area contributed by atoms with Gasteiger partial charge in [0.05, 0.1) is 20.7 Å². The SMILES string of the molecule is O=[N+]([O-])c1cccc(CNc2c(Cl)cc(F)cc2Cl)c1. The number of non-ortho nitro benzene ring substituents is 1. The number of rotatable bonds is 4. The zero-order chi connectivity index (χ0) is 14.7. The Bertz CT molecular complexity index is 642. The molecule has 7 heteroatoms. The van der Waals surface area contributed by atoms with Gasteiger partial charge < -0.3 is 5.32 Å². The molecule has 0 fully saturated rings. The smallest absolute Gasteiger partial charge is 0.269 e. The standard InChI is InChI=1S/C13H9Cl2FN2O2/c14-11-5-9(16)6-12(15)13(11)17-7-8-2-1-3-10(4-8)18(19)20/h1-6,17H,7H2. The molecule has 0 saturated heterocycles.